The molecule has 0 saturated heterocycles. The highest BCUT2D eigenvalue weighted by atomic mass is 32.2. The summed E-state index contributed by atoms with van der Waals surface area (Å²) in [6.07, 6.45) is -0.657. The summed E-state index contributed by atoms with van der Waals surface area (Å²) in [7, 11) is -7.36. The number of rotatable bonds is 11. The molecule has 0 bridgehead atoms. The van der Waals surface area contributed by atoms with Crippen LogP contribution in [0.2, 0.25) is 0 Å². The Morgan fingerprint density at radius 2 is 1.35 bits per heavy atom. The molecule has 17 heteroatoms. The van der Waals surface area contributed by atoms with Crippen LogP contribution in [0.25, 0.3) is 11.1 Å². The number of methoxy groups -OCH3 is 1. The zero-order valence-electron chi connectivity index (χ0n) is 27.1. The molecule has 1 amide bonds. The van der Waals surface area contributed by atoms with Gasteiger partial charge in [-0.3, -0.25) is 14.8 Å². The Hall–Kier alpha value is -6.46. The molecule has 0 spiro atoms. The Bertz CT molecular complexity index is 2440. The average molecular weight is 750 g/mol. The lowest BCUT2D eigenvalue weighted by Gasteiger charge is -2.14. The number of aryl methyl sites for hydroxylation is 1. The van der Waals surface area contributed by atoms with Crippen LogP contribution in [0.3, 0.4) is 0 Å². The Kier molecular flexibility index (Phi) is 10.5. The number of nitrogens with one attached hydrogen (secondary N) is 3. The Balaban J connectivity index is 1.35. The van der Waals surface area contributed by atoms with Gasteiger partial charge in [-0.15, -0.1) is 0 Å². The lowest BCUT2D eigenvalue weighted by molar-refractivity contribution is 0.0681. The second kappa shape index (κ2) is 14.8. The molecule has 0 aliphatic carbocycles. The van der Waals surface area contributed by atoms with Crippen LogP contribution in [0, 0.1) is 12.7 Å². The number of carbonyl (C=O) groups is 3. The van der Waals surface area contributed by atoms with E-state index in [2.05, 4.69) is 19.5 Å². The van der Waals surface area contributed by atoms with Gasteiger partial charge in [0.05, 0.1) is 28.3 Å². The van der Waals surface area contributed by atoms with Crippen molar-refractivity contribution in [1.82, 2.24) is 0 Å². The molecule has 0 atom stereocenters. The highest BCUT2D eigenvalue weighted by molar-refractivity contribution is 7.93. The predicted molar refractivity (Wildman–Crippen MR) is 187 cm³/mol. The number of amides is 1. The second-order valence-corrected chi connectivity index (χ2v) is 14.3. The summed E-state index contributed by atoms with van der Waals surface area (Å²) >= 11 is 0. The molecule has 0 radical (unpaired) electrons. The van der Waals surface area contributed by atoms with Crippen LogP contribution < -0.4 is 19.5 Å². The smallest absolute Gasteiger partial charge is 0.411 e. The third kappa shape index (κ3) is 8.45. The maximum Gasteiger partial charge on any atom is 0.411 e. The molecule has 5 aromatic rings. The molecule has 5 aromatic carbocycles. The van der Waals surface area contributed by atoms with Gasteiger partial charge in [0.1, 0.15) is 28.4 Å². The molecule has 5 rings (SSSR count). The Morgan fingerprint density at radius 1 is 0.712 bits per heavy atom. The number of aromatic hydroxyl groups is 1. The molecular weight excluding hydrogens is 722 g/mol. The average Bonchev–Trinajstić information content (AvgIpc) is 3.09. The summed E-state index contributed by atoms with van der Waals surface area (Å²) in [4.78, 5) is 35.9. The minimum absolute atomic E-state index is 0.157. The van der Waals surface area contributed by atoms with E-state index in [1.54, 1.807) is 30.3 Å². The number of sulfonamides is 2. The van der Waals surface area contributed by atoms with Crippen molar-refractivity contribution >= 4 is 55.1 Å². The third-order valence-corrected chi connectivity index (χ3v) is 10.3. The van der Waals surface area contributed by atoms with Crippen LogP contribution >= 0.6 is 0 Å². The number of carbonyl (C=O) groups excluding carboxylic acids is 2. The molecule has 52 heavy (non-hydrogen) atoms. The molecule has 0 heterocycles. The molecule has 0 aromatic heterocycles. The van der Waals surface area contributed by atoms with E-state index >= 15 is 0 Å². The molecule has 0 saturated carbocycles. The van der Waals surface area contributed by atoms with E-state index in [9.17, 15) is 45.8 Å². The number of phenolic OH excluding ortho intramolecular Hbond substituents is 1. The van der Waals surface area contributed by atoms with Crippen LogP contribution in [0.5, 0.6) is 11.5 Å². The standard InChI is InChI=1S/C35H28FN3O11S2/c1-20-6-9-23(36)17-32(20)52(47,48)39-25-12-14-28(30(40)18-25)34(43)50-31-19-26(13-15-29(31)33(41)42)38-51(45,46)27-5-3-4-22(16-27)21-7-10-24(11-8-21)37-35(44)49-2/h3-19,38-40H,1-2H3,(H,37,44)(H,41,42). The van der Waals surface area contributed by atoms with E-state index in [1.807, 2.05) is 0 Å². The van der Waals surface area contributed by atoms with Crippen molar-refractivity contribution < 1.29 is 55.3 Å². The van der Waals surface area contributed by atoms with Gasteiger partial charge >= 0.3 is 18.0 Å². The summed E-state index contributed by atoms with van der Waals surface area (Å²) in [5, 5.41) is 22.8. The van der Waals surface area contributed by atoms with E-state index in [0.717, 1.165) is 48.5 Å². The fraction of sp³-hybridized carbons (Fsp3) is 0.0571. The lowest BCUT2D eigenvalue weighted by Crippen LogP contribution is -2.16. The van der Waals surface area contributed by atoms with Gasteiger partial charge in [-0.05, 0) is 84.3 Å². The van der Waals surface area contributed by atoms with Gasteiger partial charge in [-0.2, -0.15) is 0 Å². The quantitative estimate of drug-likeness (QED) is 0.0757. The van der Waals surface area contributed by atoms with E-state index < -0.39 is 66.5 Å². The molecule has 0 fully saturated rings. The summed E-state index contributed by atoms with van der Waals surface area (Å²) < 4.78 is 80.4. The molecule has 14 nitrogen and oxygen atoms in total. The number of hydrogen-bond acceptors (Lipinski definition) is 10. The molecule has 5 N–H and O–H groups in total. The maximum absolute atomic E-state index is 13.7. The van der Waals surface area contributed by atoms with E-state index in [1.165, 1.54) is 38.3 Å². The largest absolute Gasteiger partial charge is 0.507 e. The van der Waals surface area contributed by atoms with Crippen molar-refractivity contribution in [2.24, 2.45) is 0 Å². The van der Waals surface area contributed by atoms with Crippen molar-refractivity contribution in [3.05, 3.63) is 126 Å². The monoisotopic (exact) mass is 749 g/mol. The Morgan fingerprint density at radius 3 is 2.00 bits per heavy atom. The molecule has 0 aliphatic heterocycles. The lowest BCUT2D eigenvalue weighted by atomic mass is 10.1. The molecule has 0 unspecified atom stereocenters. The normalized spacial score (nSPS) is 11.3. The van der Waals surface area contributed by atoms with Crippen LogP contribution in [0.1, 0.15) is 26.3 Å². The number of halogens is 1. The SMILES string of the molecule is COC(=O)Nc1ccc(-c2cccc(S(=O)(=O)Nc3ccc(C(=O)O)c(OC(=O)c4ccc(NS(=O)(=O)c5cc(F)ccc5C)cc4O)c3)c2)cc1. The zero-order chi connectivity index (χ0) is 37.8. The van der Waals surface area contributed by atoms with Crippen molar-refractivity contribution in [3.8, 4) is 22.6 Å². The highest BCUT2D eigenvalue weighted by Gasteiger charge is 2.23. The fourth-order valence-corrected chi connectivity index (χ4v) is 7.22. The second-order valence-electron chi connectivity index (χ2n) is 11.0. The minimum Gasteiger partial charge on any atom is -0.507 e. The number of benzene rings is 5. The molecular formula is C35H28FN3O11S2. The van der Waals surface area contributed by atoms with Gasteiger partial charge in [-0.25, -0.2) is 35.6 Å². The van der Waals surface area contributed by atoms with Crippen LogP contribution in [-0.4, -0.2) is 52.2 Å². The number of phenols is 1. The van der Waals surface area contributed by atoms with Crippen molar-refractivity contribution in [1.29, 1.82) is 0 Å². The first-order chi connectivity index (χ1) is 24.6. The van der Waals surface area contributed by atoms with Crippen LogP contribution in [0.15, 0.2) is 113 Å². The summed E-state index contributed by atoms with van der Waals surface area (Å²) in [5.74, 6) is -4.87. The number of aromatic carboxylic acids is 1. The number of anilines is 3. The van der Waals surface area contributed by atoms with Gasteiger partial charge in [0.2, 0.25) is 0 Å². The Labute approximate surface area is 296 Å². The van der Waals surface area contributed by atoms with Gasteiger partial charge in [0.15, 0.2) is 0 Å². The van der Waals surface area contributed by atoms with Crippen LogP contribution in [-0.2, 0) is 24.8 Å². The van der Waals surface area contributed by atoms with E-state index in [-0.39, 0.29) is 26.7 Å². The van der Waals surface area contributed by atoms with Crippen molar-refractivity contribution in [2.45, 2.75) is 16.7 Å². The van der Waals surface area contributed by atoms with Gasteiger partial charge in [0.25, 0.3) is 20.0 Å². The highest BCUT2D eigenvalue weighted by Crippen LogP contribution is 2.31. The van der Waals surface area contributed by atoms with Gasteiger partial charge in [0, 0.05) is 17.8 Å². The predicted octanol–water partition coefficient (Wildman–Crippen LogP) is 6.20. The minimum atomic E-state index is -4.30. The van der Waals surface area contributed by atoms with Crippen molar-refractivity contribution in [3.63, 3.8) is 0 Å². The van der Waals surface area contributed by atoms with Gasteiger partial charge < -0.3 is 19.7 Å². The topological polar surface area (TPSA) is 214 Å². The van der Waals surface area contributed by atoms with E-state index in [4.69, 9.17) is 4.74 Å². The summed E-state index contributed by atoms with van der Waals surface area (Å²) in [6, 6.07) is 21.8. The first-order valence-electron chi connectivity index (χ1n) is 14.9. The van der Waals surface area contributed by atoms with Crippen LogP contribution in [0.4, 0.5) is 26.2 Å². The first-order valence-corrected chi connectivity index (χ1v) is 17.8. The van der Waals surface area contributed by atoms with Crippen molar-refractivity contribution in [2.75, 3.05) is 21.9 Å². The molecule has 0 aliphatic rings. The number of carboxylic acids is 1. The zero-order valence-corrected chi connectivity index (χ0v) is 28.7. The van der Waals surface area contributed by atoms with E-state index in [0.29, 0.717) is 16.8 Å². The summed E-state index contributed by atoms with van der Waals surface area (Å²) in [5.41, 5.74) is 0.499. The molecule has 268 valence electrons. The third-order valence-electron chi connectivity index (χ3n) is 7.37. The number of hydrogen-bond donors (Lipinski definition) is 5. The number of carboxylic acid groups (broad SMARTS) is 1. The number of esters is 1. The van der Waals surface area contributed by atoms with Gasteiger partial charge in [-0.1, -0.05) is 30.3 Å². The maximum atomic E-state index is 13.7. The summed E-state index contributed by atoms with van der Waals surface area (Å²) in [6.45, 7) is 1.46. The first kappa shape index (κ1) is 36.8. The number of ether oxygens (including phenoxy) is 2. The fourth-order valence-electron chi connectivity index (χ4n) is 4.81.